The molecule has 4 amide bonds. The van der Waals surface area contributed by atoms with Crippen LogP contribution in [-0.2, 0) is 29.1 Å². The Kier molecular flexibility index (Phi) is 10.1. The second kappa shape index (κ2) is 13.8. The monoisotopic (exact) mass is 712 g/mol. The number of aromatic nitrogens is 4. The molecule has 3 heterocycles. The number of likely N-dealkylation sites (tertiary alicyclic amines) is 1. The molecule has 1 saturated heterocycles. The number of hydrogen-bond donors (Lipinski definition) is 3. The number of alkyl carbamates (subject to hydrolysis) is 1. The molecule has 270 valence electrons. The number of benzene rings is 1. The minimum absolute atomic E-state index is 0.00509. The molecule has 0 bridgehead atoms. The number of nitrogens with one attached hydrogen (secondary N) is 3. The molecule has 1 saturated carbocycles. The van der Waals surface area contributed by atoms with Crippen LogP contribution in [0.5, 0.6) is 5.88 Å². The quantitative estimate of drug-likeness (QED) is 0.278. The van der Waals surface area contributed by atoms with Crippen molar-refractivity contribution in [1.29, 1.82) is 0 Å². The molecular weight excluding hydrogens is 668 g/mol. The average molecular weight is 713 g/mol. The largest absolute Gasteiger partial charge is 0.471 e. The molecule has 1 aliphatic heterocycles. The van der Waals surface area contributed by atoms with Gasteiger partial charge in [-0.05, 0) is 52.0 Å². The number of hydrogen-bond acceptors (Lipinski definition) is 11. The maximum atomic E-state index is 14.3. The van der Waals surface area contributed by atoms with E-state index < -0.39 is 74.3 Å². The van der Waals surface area contributed by atoms with Gasteiger partial charge < -0.3 is 25.0 Å². The first-order valence-electron chi connectivity index (χ1n) is 16.4. The summed E-state index contributed by atoms with van der Waals surface area (Å²) in [6.45, 7) is 11.7. The van der Waals surface area contributed by atoms with Crippen molar-refractivity contribution in [1.82, 2.24) is 40.0 Å². The summed E-state index contributed by atoms with van der Waals surface area (Å²) in [5.74, 6) is -1.46. The lowest BCUT2D eigenvalue weighted by Gasteiger charge is -2.35. The van der Waals surface area contributed by atoms with Crippen molar-refractivity contribution in [3.8, 4) is 11.7 Å². The molecule has 3 N–H and O–H groups in total. The van der Waals surface area contributed by atoms with Crippen molar-refractivity contribution in [3.05, 3.63) is 43.0 Å². The molecule has 2 aromatic heterocycles. The van der Waals surface area contributed by atoms with Gasteiger partial charge in [0.15, 0.2) is 5.82 Å². The number of rotatable bonds is 10. The van der Waals surface area contributed by atoms with Crippen molar-refractivity contribution >= 4 is 44.6 Å². The van der Waals surface area contributed by atoms with Gasteiger partial charge in [-0.1, -0.05) is 39.0 Å². The van der Waals surface area contributed by atoms with Crippen molar-refractivity contribution in [2.24, 2.45) is 5.41 Å². The molecule has 1 aromatic carbocycles. The highest BCUT2D eigenvalue weighted by Gasteiger charge is 2.47. The predicted molar refractivity (Wildman–Crippen MR) is 181 cm³/mol. The zero-order valence-corrected chi connectivity index (χ0v) is 30.0. The molecule has 3 aromatic rings. The first-order valence-corrected chi connectivity index (χ1v) is 17.9. The fraction of sp³-hybridized carbons (Fsp3) is 0.545. The van der Waals surface area contributed by atoms with Gasteiger partial charge in [-0.2, -0.15) is 0 Å². The van der Waals surface area contributed by atoms with Crippen LogP contribution >= 0.6 is 0 Å². The topological polar surface area (TPSA) is 204 Å². The van der Waals surface area contributed by atoms with Crippen molar-refractivity contribution in [2.75, 3.05) is 6.54 Å². The molecule has 2 aliphatic rings. The number of sulfonamides is 1. The highest BCUT2D eigenvalue weighted by Crippen LogP contribution is 2.32. The second-order valence-corrected chi connectivity index (χ2v) is 16.7. The Balaban J connectivity index is 1.42. The average Bonchev–Trinajstić information content (AvgIpc) is 3.59. The Labute approximate surface area is 290 Å². The van der Waals surface area contributed by atoms with Crippen LogP contribution in [0.3, 0.4) is 0 Å². The molecule has 0 radical (unpaired) electrons. The highest BCUT2D eigenvalue weighted by molar-refractivity contribution is 7.90. The molecule has 1 aliphatic carbocycles. The molecule has 1 unspecified atom stereocenters. The number of amides is 4. The van der Waals surface area contributed by atoms with E-state index in [1.54, 1.807) is 64.8 Å². The summed E-state index contributed by atoms with van der Waals surface area (Å²) in [5.41, 5.74) is -1.64. The number of fused-ring (bicyclic) bond motifs is 1. The van der Waals surface area contributed by atoms with Gasteiger partial charge in [-0.3, -0.25) is 23.7 Å². The SMILES string of the molecule is CC(NC(=O)[C@@H]1C[C@@H](Oc2nnc(-n3ccnc3)c3ccccc23)CN1C(=O)[C@@H](NC(=O)OC(C)(C)C)C(C)(C)C)C(=O)NS(=O)(=O)C1CC1. The lowest BCUT2D eigenvalue weighted by atomic mass is 9.85. The number of ether oxygens (including phenoxy) is 2. The summed E-state index contributed by atoms with van der Waals surface area (Å²) in [7, 11) is -3.85. The van der Waals surface area contributed by atoms with E-state index >= 15 is 0 Å². The smallest absolute Gasteiger partial charge is 0.408 e. The summed E-state index contributed by atoms with van der Waals surface area (Å²) in [6.07, 6.45) is 4.31. The normalized spacial score (nSPS) is 19.4. The number of carbonyl (C=O) groups is 4. The van der Waals surface area contributed by atoms with Crippen LogP contribution in [0, 0.1) is 5.41 Å². The van der Waals surface area contributed by atoms with Gasteiger partial charge in [-0.15, -0.1) is 10.2 Å². The van der Waals surface area contributed by atoms with Crippen LogP contribution < -0.4 is 20.1 Å². The van der Waals surface area contributed by atoms with E-state index in [9.17, 15) is 27.6 Å². The molecule has 16 nitrogen and oxygen atoms in total. The zero-order chi connectivity index (χ0) is 36.6. The molecular formula is C33H44N8O8S. The van der Waals surface area contributed by atoms with Gasteiger partial charge >= 0.3 is 6.09 Å². The van der Waals surface area contributed by atoms with Crippen molar-refractivity contribution < 1.29 is 37.1 Å². The van der Waals surface area contributed by atoms with Crippen LogP contribution in [-0.4, -0.2) is 98.5 Å². The Morgan fingerprint density at radius 1 is 0.980 bits per heavy atom. The van der Waals surface area contributed by atoms with Crippen LogP contribution in [0.1, 0.15) is 67.7 Å². The van der Waals surface area contributed by atoms with Crippen molar-refractivity contribution in [3.63, 3.8) is 0 Å². The Morgan fingerprint density at radius 2 is 1.66 bits per heavy atom. The third-order valence-electron chi connectivity index (χ3n) is 8.24. The lowest BCUT2D eigenvalue weighted by molar-refractivity contribution is -0.142. The van der Waals surface area contributed by atoms with Gasteiger partial charge in [0.2, 0.25) is 27.7 Å². The van der Waals surface area contributed by atoms with Crippen molar-refractivity contribution in [2.45, 2.75) is 103 Å². The van der Waals surface area contributed by atoms with E-state index in [1.807, 2.05) is 29.0 Å². The molecule has 17 heteroatoms. The maximum Gasteiger partial charge on any atom is 0.408 e. The number of carbonyl (C=O) groups excluding carboxylic acids is 4. The standard InChI is InChI=1S/C33H44N8O8S/c1-19(27(42)39-50(46,47)21-12-13-21)35-28(43)24-16-20(17-41(24)30(44)25(32(2,3)4)36-31(45)49-33(5,6)7)48-29-23-11-9-8-10-22(23)26(37-38-29)40-15-14-34-18-40/h8-11,14-15,18-21,24-25H,12-13,16-17H2,1-7H3,(H,35,43)(H,36,45)(H,39,42)/t19?,20-,24+,25-/m1/s1. The molecule has 4 atom stereocenters. The van der Waals surface area contributed by atoms with Gasteiger partial charge in [0.25, 0.3) is 5.91 Å². The van der Waals surface area contributed by atoms with E-state index in [1.165, 1.54) is 11.8 Å². The summed E-state index contributed by atoms with van der Waals surface area (Å²) >= 11 is 0. The predicted octanol–water partition coefficient (Wildman–Crippen LogP) is 2.22. The van der Waals surface area contributed by atoms with E-state index in [4.69, 9.17) is 9.47 Å². The van der Waals surface area contributed by atoms with Gasteiger partial charge in [0.05, 0.1) is 11.8 Å². The van der Waals surface area contributed by atoms with Crippen LogP contribution in [0.2, 0.25) is 0 Å². The van der Waals surface area contributed by atoms with E-state index in [-0.39, 0.29) is 18.8 Å². The summed E-state index contributed by atoms with van der Waals surface area (Å²) < 4.78 is 40.2. The fourth-order valence-electron chi connectivity index (χ4n) is 5.57. The number of imidazole rings is 1. The minimum Gasteiger partial charge on any atom is -0.471 e. The van der Waals surface area contributed by atoms with Crippen LogP contribution in [0.15, 0.2) is 43.0 Å². The first-order chi connectivity index (χ1) is 23.3. The van der Waals surface area contributed by atoms with E-state index in [0.29, 0.717) is 24.0 Å². The van der Waals surface area contributed by atoms with Gasteiger partial charge in [0, 0.05) is 29.6 Å². The van der Waals surface area contributed by atoms with Crippen LogP contribution in [0.4, 0.5) is 4.79 Å². The summed E-state index contributed by atoms with van der Waals surface area (Å²) in [6, 6.07) is 3.83. The Hall–Kier alpha value is -4.80. The molecule has 50 heavy (non-hydrogen) atoms. The van der Waals surface area contributed by atoms with Crippen LogP contribution in [0.25, 0.3) is 16.6 Å². The zero-order valence-electron chi connectivity index (χ0n) is 29.2. The maximum absolute atomic E-state index is 14.3. The third kappa shape index (κ3) is 8.49. The van der Waals surface area contributed by atoms with Gasteiger partial charge in [-0.25, -0.2) is 18.2 Å². The Bertz CT molecular complexity index is 1870. The van der Waals surface area contributed by atoms with E-state index in [0.717, 1.165) is 5.39 Å². The molecule has 2 fully saturated rings. The van der Waals surface area contributed by atoms with Gasteiger partial charge in [0.1, 0.15) is 36.2 Å². The fourth-order valence-corrected chi connectivity index (χ4v) is 6.95. The molecule has 5 rings (SSSR count). The Morgan fingerprint density at radius 3 is 2.26 bits per heavy atom. The molecule has 0 spiro atoms. The second-order valence-electron chi connectivity index (χ2n) is 14.7. The highest BCUT2D eigenvalue weighted by atomic mass is 32.2. The third-order valence-corrected chi connectivity index (χ3v) is 10.1. The summed E-state index contributed by atoms with van der Waals surface area (Å²) in [4.78, 5) is 59.2. The minimum atomic E-state index is -3.85. The summed E-state index contributed by atoms with van der Waals surface area (Å²) in [5, 5.41) is 14.7. The van der Waals surface area contributed by atoms with E-state index in [2.05, 4.69) is 25.8 Å². The first kappa shape index (κ1) is 36.5. The lowest BCUT2D eigenvalue weighted by Crippen LogP contribution is -2.59. The number of nitrogens with zero attached hydrogens (tertiary/aromatic N) is 5.